The minimum absolute atomic E-state index is 0.0966. The van der Waals surface area contributed by atoms with Crippen LogP contribution in [0.5, 0.6) is 0 Å². The SMILES string of the molecule is CCOC(=O)C(Cc1ccccc1C#CC(O)c1ccco1)C(=O)OCC. The molecule has 142 valence electrons. The van der Waals surface area contributed by atoms with Crippen LogP contribution in [0.3, 0.4) is 0 Å². The molecule has 1 unspecified atom stereocenters. The summed E-state index contributed by atoms with van der Waals surface area (Å²) in [5.74, 6) is 3.60. The Morgan fingerprint density at radius 3 is 2.33 bits per heavy atom. The lowest BCUT2D eigenvalue weighted by Gasteiger charge is -2.15. The van der Waals surface area contributed by atoms with Gasteiger partial charge >= 0.3 is 11.9 Å². The van der Waals surface area contributed by atoms with Crippen LogP contribution in [0.4, 0.5) is 0 Å². The van der Waals surface area contributed by atoms with Gasteiger partial charge in [0, 0.05) is 5.56 Å². The number of hydrogen-bond donors (Lipinski definition) is 1. The van der Waals surface area contributed by atoms with Gasteiger partial charge in [0.25, 0.3) is 0 Å². The first-order valence-corrected chi connectivity index (χ1v) is 8.71. The zero-order chi connectivity index (χ0) is 19.6. The molecule has 1 atom stereocenters. The van der Waals surface area contributed by atoms with Gasteiger partial charge in [0.05, 0.1) is 19.5 Å². The van der Waals surface area contributed by atoms with Crippen molar-refractivity contribution in [2.24, 2.45) is 5.92 Å². The summed E-state index contributed by atoms with van der Waals surface area (Å²) in [6.07, 6.45) is 0.482. The number of esters is 2. The molecule has 0 spiro atoms. The monoisotopic (exact) mass is 370 g/mol. The Balaban J connectivity index is 2.24. The first-order chi connectivity index (χ1) is 13.1. The van der Waals surface area contributed by atoms with Crippen LogP contribution in [0.15, 0.2) is 47.1 Å². The Bertz CT molecular complexity index is 795. The number of aliphatic hydroxyl groups excluding tert-OH is 1. The van der Waals surface area contributed by atoms with Crippen molar-refractivity contribution in [2.45, 2.75) is 26.4 Å². The van der Waals surface area contributed by atoms with Crippen LogP contribution >= 0.6 is 0 Å². The van der Waals surface area contributed by atoms with E-state index < -0.39 is 24.0 Å². The van der Waals surface area contributed by atoms with E-state index in [1.165, 1.54) is 6.26 Å². The summed E-state index contributed by atoms with van der Waals surface area (Å²) in [6, 6.07) is 10.4. The van der Waals surface area contributed by atoms with Gasteiger partial charge in [-0.3, -0.25) is 9.59 Å². The van der Waals surface area contributed by atoms with Gasteiger partial charge in [0.15, 0.2) is 12.0 Å². The van der Waals surface area contributed by atoms with Gasteiger partial charge in [-0.15, -0.1) is 0 Å². The number of carbonyl (C=O) groups excluding carboxylic acids is 2. The van der Waals surface area contributed by atoms with Crippen LogP contribution in [0.1, 0.15) is 36.8 Å². The van der Waals surface area contributed by atoms with E-state index in [0.29, 0.717) is 16.9 Å². The van der Waals surface area contributed by atoms with Gasteiger partial charge in [-0.1, -0.05) is 30.0 Å². The molecule has 27 heavy (non-hydrogen) atoms. The second-order valence-electron chi connectivity index (χ2n) is 5.61. The molecule has 0 saturated heterocycles. The molecule has 1 heterocycles. The predicted octanol–water partition coefficient (Wildman–Crippen LogP) is 2.65. The molecule has 0 aliphatic heterocycles. The summed E-state index contributed by atoms with van der Waals surface area (Å²) >= 11 is 0. The van der Waals surface area contributed by atoms with Crippen molar-refractivity contribution >= 4 is 11.9 Å². The second-order valence-corrected chi connectivity index (χ2v) is 5.61. The van der Waals surface area contributed by atoms with Crippen LogP contribution < -0.4 is 0 Å². The minimum Gasteiger partial charge on any atom is -0.466 e. The molecule has 2 aromatic rings. The van der Waals surface area contributed by atoms with Gasteiger partial charge in [-0.25, -0.2) is 0 Å². The number of benzene rings is 1. The van der Waals surface area contributed by atoms with E-state index in [0.717, 1.165) is 0 Å². The van der Waals surface area contributed by atoms with E-state index in [-0.39, 0.29) is 19.6 Å². The third kappa shape index (κ3) is 5.73. The number of carbonyl (C=O) groups is 2. The maximum Gasteiger partial charge on any atom is 0.320 e. The molecule has 1 aromatic carbocycles. The Labute approximate surface area is 158 Å². The van der Waals surface area contributed by atoms with E-state index in [1.54, 1.807) is 50.2 Å². The molecule has 0 aliphatic carbocycles. The lowest BCUT2D eigenvalue weighted by Crippen LogP contribution is -2.30. The van der Waals surface area contributed by atoms with Crippen LogP contribution in [0, 0.1) is 17.8 Å². The summed E-state index contributed by atoms with van der Waals surface area (Å²) in [4.78, 5) is 24.4. The van der Waals surface area contributed by atoms with Crippen molar-refractivity contribution in [1.82, 2.24) is 0 Å². The molecule has 1 aromatic heterocycles. The largest absolute Gasteiger partial charge is 0.466 e. The number of furan rings is 1. The van der Waals surface area contributed by atoms with Crippen molar-refractivity contribution in [3.05, 3.63) is 59.5 Å². The Kier molecular flexibility index (Phi) is 7.65. The molecule has 0 fully saturated rings. The van der Waals surface area contributed by atoms with Crippen LogP contribution in [0.25, 0.3) is 0 Å². The standard InChI is InChI=1S/C21H22O6/c1-3-25-20(23)17(21(24)26-4-2)14-16-9-6-5-8-15(16)11-12-18(22)19-10-7-13-27-19/h5-10,13,17-18,22H,3-4,14H2,1-2H3. The van der Waals surface area contributed by atoms with Gasteiger partial charge in [-0.2, -0.15) is 0 Å². The lowest BCUT2D eigenvalue weighted by molar-refractivity contribution is -0.161. The molecule has 0 bridgehead atoms. The molecular formula is C21H22O6. The molecule has 1 N–H and O–H groups in total. The van der Waals surface area contributed by atoms with Gasteiger partial charge < -0.3 is 19.0 Å². The highest BCUT2D eigenvalue weighted by Crippen LogP contribution is 2.18. The molecule has 6 heteroatoms. The zero-order valence-electron chi connectivity index (χ0n) is 15.3. The zero-order valence-corrected chi connectivity index (χ0v) is 15.3. The maximum absolute atomic E-state index is 12.2. The lowest BCUT2D eigenvalue weighted by atomic mass is 9.95. The average molecular weight is 370 g/mol. The summed E-state index contributed by atoms with van der Waals surface area (Å²) < 4.78 is 15.1. The Hall–Kier alpha value is -3.04. The van der Waals surface area contributed by atoms with E-state index in [1.807, 2.05) is 0 Å². The quantitative estimate of drug-likeness (QED) is 0.458. The van der Waals surface area contributed by atoms with Crippen molar-refractivity contribution in [2.75, 3.05) is 13.2 Å². The maximum atomic E-state index is 12.2. The summed E-state index contributed by atoms with van der Waals surface area (Å²) in [5, 5.41) is 10.0. The first-order valence-electron chi connectivity index (χ1n) is 8.71. The number of aliphatic hydroxyl groups is 1. The fraction of sp³-hybridized carbons (Fsp3) is 0.333. The summed E-state index contributed by atoms with van der Waals surface area (Å²) in [7, 11) is 0. The van der Waals surface area contributed by atoms with E-state index in [9.17, 15) is 14.7 Å². The summed E-state index contributed by atoms with van der Waals surface area (Å²) in [6.45, 7) is 3.70. The smallest absolute Gasteiger partial charge is 0.320 e. The Morgan fingerprint density at radius 1 is 1.07 bits per heavy atom. The third-order valence-corrected chi connectivity index (χ3v) is 3.74. The molecule has 0 radical (unpaired) electrons. The minimum atomic E-state index is -1.07. The Morgan fingerprint density at radius 2 is 1.74 bits per heavy atom. The van der Waals surface area contributed by atoms with Crippen LogP contribution in [0.2, 0.25) is 0 Å². The van der Waals surface area contributed by atoms with E-state index in [2.05, 4.69) is 11.8 Å². The van der Waals surface area contributed by atoms with Gasteiger partial charge in [0.2, 0.25) is 0 Å². The van der Waals surface area contributed by atoms with Gasteiger partial charge in [-0.05, 0) is 44.0 Å². The van der Waals surface area contributed by atoms with Crippen molar-refractivity contribution in [3.63, 3.8) is 0 Å². The predicted molar refractivity (Wildman–Crippen MR) is 97.4 cm³/mol. The van der Waals surface area contributed by atoms with Crippen molar-refractivity contribution in [3.8, 4) is 11.8 Å². The summed E-state index contributed by atoms with van der Waals surface area (Å²) in [5.41, 5.74) is 1.28. The molecule has 2 rings (SSSR count). The van der Waals surface area contributed by atoms with E-state index in [4.69, 9.17) is 13.9 Å². The number of hydrogen-bond acceptors (Lipinski definition) is 6. The van der Waals surface area contributed by atoms with Crippen molar-refractivity contribution in [1.29, 1.82) is 0 Å². The van der Waals surface area contributed by atoms with Crippen LogP contribution in [-0.4, -0.2) is 30.3 Å². The highest BCUT2D eigenvalue weighted by Gasteiger charge is 2.30. The second kappa shape index (κ2) is 10.2. The molecule has 0 amide bonds. The topological polar surface area (TPSA) is 86.0 Å². The highest BCUT2D eigenvalue weighted by molar-refractivity contribution is 5.95. The molecule has 0 saturated carbocycles. The third-order valence-electron chi connectivity index (χ3n) is 3.74. The fourth-order valence-electron chi connectivity index (χ4n) is 2.45. The van der Waals surface area contributed by atoms with Gasteiger partial charge in [0.1, 0.15) is 5.76 Å². The molecular weight excluding hydrogens is 348 g/mol. The number of ether oxygens (including phenoxy) is 2. The number of rotatable bonds is 7. The normalized spacial score (nSPS) is 11.4. The van der Waals surface area contributed by atoms with Crippen LogP contribution in [-0.2, 0) is 25.5 Å². The van der Waals surface area contributed by atoms with E-state index >= 15 is 0 Å². The first kappa shape index (κ1) is 20.3. The fourth-order valence-corrected chi connectivity index (χ4v) is 2.45. The average Bonchev–Trinajstić information content (AvgIpc) is 3.20. The van der Waals surface area contributed by atoms with Crippen molar-refractivity contribution < 1.29 is 28.6 Å². The molecule has 6 nitrogen and oxygen atoms in total. The highest BCUT2D eigenvalue weighted by atomic mass is 16.6. The molecule has 0 aliphatic rings.